The third-order valence-corrected chi connectivity index (χ3v) is 3.73. The number of pyridine rings is 1. The first-order valence-corrected chi connectivity index (χ1v) is 7.86. The Labute approximate surface area is 136 Å². The van der Waals surface area contributed by atoms with E-state index in [2.05, 4.69) is 37.4 Å². The zero-order chi connectivity index (χ0) is 16.2. The summed E-state index contributed by atoms with van der Waals surface area (Å²) in [6.45, 7) is 5.12. The summed E-state index contributed by atoms with van der Waals surface area (Å²) in [7, 11) is 0. The maximum Gasteiger partial charge on any atom is 0.139 e. The van der Waals surface area contributed by atoms with Crippen LogP contribution in [0, 0.1) is 17.2 Å². The topological polar surface area (TPSA) is 53.1 Å². The van der Waals surface area contributed by atoms with E-state index in [0.29, 0.717) is 11.5 Å². The molecule has 3 aromatic rings. The summed E-state index contributed by atoms with van der Waals surface area (Å²) in [4.78, 5) is 4.72. The van der Waals surface area contributed by atoms with Crippen molar-refractivity contribution < 1.29 is 0 Å². The number of imidazole rings is 1. The molecule has 0 saturated carbocycles. The molecule has 0 amide bonds. The smallest absolute Gasteiger partial charge is 0.139 e. The first-order valence-electron chi connectivity index (χ1n) is 7.86. The molecule has 0 aliphatic carbocycles. The van der Waals surface area contributed by atoms with Crippen molar-refractivity contribution in [2.75, 3.05) is 5.32 Å². The summed E-state index contributed by atoms with van der Waals surface area (Å²) in [5.74, 6) is 1.54. The van der Waals surface area contributed by atoms with Crippen LogP contribution in [0.2, 0.25) is 0 Å². The highest BCUT2D eigenvalue weighted by Gasteiger charge is 2.13. The first kappa shape index (κ1) is 15.1. The van der Waals surface area contributed by atoms with Crippen LogP contribution in [0.4, 0.5) is 5.82 Å². The largest absolute Gasteiger partial charge is 0.366 e. The fourth-order valence-corrected chi connectivity index (χ4v) is 2.66. The Hall–Kier alpha value is -2.80. The number of nitrogens with zero attached hydrogens (tertiary/aromatic N) is 3. The van der Waals surface area contributed by atoms with Gasteiger partial charge in [0.05, 0.1) is 17.3 Å². The molecule has 2 heterocycles. The van der Waals surface area contributed by atoms with Crippen LogP contribution < -0.4 is 5.32 Å². The summed E-state index contributed by atoms with van der Waals surface area (Å²) in [5.41, 5.74) is 3.72. The lowest BCUT2D eigenvalue weighted by Gasteiger charge is -2.10. The fourth-order valence-electron chi connectivity index (χ4n) is 2.66. The lowest BCUT2D eigenvalue weighted by Crippen LogP contribution is -2.06. The second-order valence-electron chi connectivity index (χ2n) is 6.10. The first-order chi connectivity index (χ1) is 11.2. The van der Waals surface area contributed by atoms with E-state index in [-0.39, 0.29) is 0 Å². The second-order valence-corrected chi connectivity index (χ2v) is 6.10. The van der Waals surface area contributed by atoms with Crippen LogP contribution in [-0.4, -0.2) is 9.38 Å². The molecule has 0 bridgehead atoms. The molecule has 4 heteroatoms. The molecule has 116 valence electrons. The summed E-state index contributed by atoms with van der Waals surface area (Å²) >= 11 is 0. The van der Waals surface area contributed by atoms with Gasteiger partial charge in [-0.05, 0) is 30.0 Å². The average molecular weight is 304 g/mol. The predicted molar refractivity (Wildman–Crippen MR) is 92.2 cm³/mol. The Kier molecular flexibility index (Phi) is 4.29. The fraction of sp³-hybridized carbons (Fsp3) is 0.263. The van der Waals surface area contributed by atoms with Gasteiger partial charge in [0, 0.05) is 12.7 Å². The van der Waals surface area contributed by atoms with Gasteiger partial charge >= 0.3 is 0 Å². The Balaban J connectivity index is 1.96. The lowest BCUT2D eigenvalue weighted by atomic mass is 10.1. The summed E-state index contributed by atoms with van der Waals surface area (Å²) < 4.78 is 2.03. The van der Waals surface area contributed by atoms with Gasteiger partial charge in [-0.3, -0.25) is 4.40 Å². The number of aromatic nitrogens is 2. The Morgan fingerprint density at radius 1 is 1.22 bits per heavy atom. The molecule has 0 aliphatic rings. The van der Waals surface area contributed by atoms with Crippen molar-refractivity contribution in [3.05, 3.63) is 65.5 Å². The Bertz CT molecular complexity index is 841. The highest BCUT2D eigenvalue weighted by molar-refractivity contribution is 5.58. The molecule has 0 unspecified atom stereocenters. The quantitative estimate of drug-likeness (QED) is 0.774. The minimum absolute atomic E-state index is 0.521. The molecule has 0 aliphatic heterocycles. The van der Waals surface area contributed by atoms with Crippen LogP contribution in [0.5, 0.6) is 0 Å². The van der Waals surface area contributed by atoms with Gasteiger partial charge in [0.2, 0.25) is 0 Å². The van der Waals surface area contributed by atoms with E-state index in [1.807, 2.05) is 40.9 Å². The highest BCUT2D eigenvalue weighted by atomic mass is 15.1. The average Bonchev–Trinajstić information content (AvgIpc) is 2.89. The molecular weight excluding hydrogens is 284 g/mol. The van der Waals surface area contributed by atoms with Gasteiger partial charge in [-0.2, -0.15) is 5.26 Å². The number of anilines is 1. The molecule has 1 aromatic carbocycles. The summed E-state index contributed by atoms with van der Waals surface area (Å²) in [6.07, 6.45) is 2.82. The third kappa shape index (κ3) is 3.35. The van der Waals surface area contributed by atoms with Crippen molar-refractivity contribution in [2.24, 2.45) is 5.92 Å². The number of nitriles is 1. The summed E-state index contributed by atoms with van der Waals surface area (Å²) in [6, 6.07) is 16.1. The SMILES string of the molecule is CC(C)Cc1nc2cc(C#N)ccn2c1NCc1ccccc1. The number of hydrogen-bond donors (Lipinski definition) is 1. The van der Waals surface area contributed by atoms with Crippen LogP contribution in [-0.2, 0) is 13.0 Å². The van der Waals surface area contributed by atoms with Crippen LogP contribution in [0.25, 0.3) is 5.65 Å². The monoisotopic (exact) mass is 304 g/mol. The van der Waals surface area contributed by atoms with Crippen LogP contribution in [0.1, 0.15) is 30.7 Å². The molecule has 0 atom stereocenters. The Morgan fingerprint density at radius 2 is 2.00 bits per heavy atom. The van der Waals surface area contributed by atoms with E-state index in [1.165, 1.54) is 5.56 Å². The van der Waals surface area contributed by atoms with Crippen LogP contribution in [0.15, 0.2) is 48.7 Å². The van der Waals surface area contributed by atoms with E-state index < -0.39 is 0 Å². The number of nitrogens with one attached hydrogen (secondary N) is 1. The van der Waals surface area contributed by atoms with Gasteiger partial charge in [0.15, 0.2) is 0 Å². The van der Waals surface area contributed by atoms with Gasteiger partial charge in [0.1, 0.15) is 11.5 Å². The van der Waals surface area contributed by atoms with Gasteiger partial charge in [0.25, 0.3) is 0 Å². The Morgan fingerprint density at radius 3 is 2.70 bits per heavy atom. The highest BCUT2D eigenvalue weighted by Crippen LogP contribution is 2.22. The van der Waals surface area contributed by atoms with Crippen molar-refractivity contribution in [3.8, 4) is 6.07 Å². The minimum Gasteiger partial charge on any atom is -0.366 e. The molecule has 2 aromatic heterocycles. The molecule has 3 rings (SSSR count). The van der Waals surface area contributed by atoms with Crippen molar-refractivity contribution in [3.63, 3.8) is 0 Å². The van der Waals surface area contributed by atoms with Gasteiger partial charge < -0.3 is 5.32 Å². The molecule has 1 N–H and O–H groups in total. The normalized spacial score (nSPS) is 10.9. The third-order valence-electron chi connectivity index (χ3n) is 3.73. The number of rotatable bonds is 5. The van der Waals surface area contributed by atoms with Crippen LogP contribution >= 0.6 is 0 Å². The molecule has 0 fully saturated rings. The zero-order valence-corrected chi connectivity index (χ0v) is 13.5. The molecule has 4 nitrogen and oxygen atoms in total. The summed E-state index contributed by atoms with van der Waals surface area (Å²) in [5, 5.41) is 12.6. The number of benzene rings is 1. The lowest BCUT2D eigenvalue weighted by molar-refractivity contribution is 0.638. The molecule has 23 heavy (non-hydrogen) atoms. The maximum atomic E-state index is 9.07. The zero-order valence-electron chi connectivity index (χ0n) is 13.5. The van der Waals surface area contributed by atoms with E-state index in [9.17, 15) is 0 Å². The molecule has 0 saturated heterocycles. The van der Waals surface area contributed by atoms with Gasteiger partial charge in [-0.15, -0.1) is 0 Å². The second kappa shape index (κ2) is 6.53. The molecule has 0 spiro atoms. The van der Waals surface area contributed by atoms with E-state index >= 15 is 0 Å². The van der Waals surface area contributed by atoms with Crippen molar-refractivity contribution in [2.45, 2.75) is 26.8 Å². The van der Waals surface area contributed by atoms with E-state index in [4.69, 9.17) is 10.2 Å². The maximum absolute atomic E-state index is 9.07. The van der Waals surface area contributed by atoms with Crippen molar-refractivity contribution in [1.29, 1.82) is 5.26 Å². The van der Waals surface area contributed by atoms with Gasteiger partial charge in [-0.1, -0.05) is 44.2 Å². The predicted octanol–water partition coefficient (Wildman–Crippen LogP) is 4.02. The molecule has 0 radical (unpaired) electrons. The minimum atomic E-state index is 0.521. The van der Waals surface area contributed by atoms with E-state index in [1.54, 1.807) is 0 Å². The van der Waals surface area contributed by atoms with Gasteiger partial charge in [-0.25, -0.2) is 4.98 Å². The van der Waals surface area contributed by atoms with Crippen molar-refractivity contribution in [1.82, 2.24) is 9.38 Å². The number of fused-ring (bicyclic) bond motifs is 1. The number of hydrogen-bond acceptors (Lipinski definition) is 3. The van der Waals surface area contributed by atoms with Crippen molar-refractivity contribution >= 4 is 11.5 Å². The van der Waals surface area contributed by atoms with Crippen LogP contribution in [0.3, 0.4) is 0 Å². The van der Waals surface area contributed by atoms with E-state index in [0.717, 1.165) is 30.1 Å². The molecular formula is C19H20N4. The standard InChI is InChI=1S/C19H20N4/c1-14(2)10-17-19(21-13-15-6-4-3-5-7-15)23-9-8-16(12-20)11-18(23)22-17/h3-9,11,14,21H,10,13H2,1-2H3.